The van der Waals surface area contributed by atoms with Gasteiger partial charge in [-0.2, -0.15) is 0 Å². The molecule has 1 heterocycles. The van der Waals surface area contributed by atoms with Crippen molar-refractivity contribution in [3.63, 3.8) is 0 Å². The molecule has 1 aliphatic carbocycles. The van der Waals surface area contributed by atoms with Gasteiger partial charge in [-0.25, -0.2) is 15.0 Å². The number of nitrogens with zero attached hydrogens (tertiary/aromatic N) is 3. The third kappa shape index (κ3) is 4.46. The van der Waals surface area contributed by atoms with Gasteiger partial charge in [-0.15, -0.1) is 0 Å². The molecule has 3 nitrogen and oxygen atoms in total. The van der Waals surface area contributed by atoms with Crippen LogP contribution in [0.4, 0.5) is 0 Å². The van der Waals surface area contributed by atoms with Crippen molar-refractivity contribution >= 4 is 21.5 Å². The first-order valence-electron chi connectivity index (χ1n) is 16.1. The van der Waals surface area contributed by atoms with Crippen molar-refractivity contribution in [1.29, 1.82) is 0 Å². The van der Waals surface area contributed by atoms with E-state index in [4.69, 9.17) is 15.0 Å². The minimum absolute atomic E-state index is 0.0293. The number of benzene rings is 7. The fourth-order valence-electron chi connectivity index (χ4n) is 7.30. The highest BCUT2D eigenvalue weighted by molar-refractivity contribution is 6.17. The molecule has 0 unspecified atom stereocenters. The Morgan fingerprint density at radius 2 is 0.957 bits per heavy atom. The summed E-state index contributed by atoms with van der Waals surface area (Å²) < 4.78 is 0. The maximum Gasteiger partial charge on any atom is 0.164 e. The summed E-state index contributed by atoms with van der Waals surface area (Å²) in [5.74, 6) is 1.98. The van der Waals surface area contributed by atoms with Crippen molar-refractivity contribution in [2.45, 2.75) is 19.3 Å². The van der Waals surface area contributed by atoms with E-state index in [1.807, 2.05) is 60.7 Å². The molecule has 222 valence electrons. The van der Waals surface area contributed by atoms with E-state index in [0.717, 1.165) is 27.8 Å². The topological polar surface area (TPSA) is 38.7 Å². The highest BCUT2D eigenvalue weighted by Gasteiger charge is 2.36. The fourth-order valence-corrected chi connectivity index (χ4v) is 7.30. The molecule has 0 saturated carbocycles. The fraction of sp³-hybridized carbons (Fsp3) is 0.0682. The van der Waals surface area contributed by atoms with E-state index >= 15 is 0 Å². The Kier molecular flexibility index (Phi) is 6.16. The second kappa shape index (κ2) is 10.6. The summed E-state index contributed by atoms with van der Waals surface area (Å²) in [4.78, 5) is 14.8. The average molecular weight is 602 g/mol. The molecular formula is C44H31N3. The van der Waals surface area contributed by atoms with Crippen LogP contribution >= 0.6 is 0 Å². The number of hydrogen-bond donors (Lipinski definition) is 0. The zero-order valence-electron chi connectivity index (χ0n) is 26.3. The van der Waals surface area contributed by atoms with Gasteiger partial charge in [-0.3, -0.25) is 0 Å². The largest absolute Gasteiger partial charge is 0.208 e. The predicted octanol–water partition coefficient (Wildman–Crippen LogP) is 11.2. The lowest BCUT2D eigenvalue weighted by Gasteiger charge is -2.21. The molecule has 8 aromatic rings. The Hall–Kier alpha value is -5.93. The van der Waals surface area contributed by atoms with Crippen molar-refractivity contribution in [3.8, 4) is 56.4 Å². The Morgan fingerprint density at radius 1 is 0.404 bits per heavy atom. The lowest BCUT2D eigenvalue weighted by Crippen LogP contribution is -2.14. The average Bonchev–Trinajstić information content (AvgIpc) is 3.38. The summed E-state index contributed by atoms with van der Waals surface area (Å²) in [7, 11) is 0. The van der Waals surface area contributed by atoms with Crippen LogP contribution in [-0.4, -0.2) is 15.0 Å². The maximum atomic E-state index is 4.96. The molecule has 0 saturated heterocycles. The summed E-state index contributed by atoms with van der Waals surface area (Å²) >= 11 is 0. The maximum absolute atomic E-state index is 4.96. The highest BCUT2D eigenvalue weighted by atomic mass is 15.0. The Labute approximate surface area is 274 Å². The minimum Gasteiger partial charge on any atom is -0.208 e. The molecule has 0 atom stereocenters. The van der Waals surface area contributed by atoms with Crippen LogP contribution in [0.5, 0.6) is 0 Å². The van der Waals surface area contributed by atoms with E-state index in [-0.39, 0.29) is 5.41 Å². The standard InChI is InChI=1S/C44H31N3/c1-44(2)37-19-10-9-18-36(37)40-38(44)25-23-28-20-21-33-26-32(22-24-35(33)39(28)40)31-16-11-17-34(27-31)43-46-41(29-12-5-3-6-13-29)45-42(47-43)30-14-7-4-8-15-30/h3-27H,1-2H3. The molecule has 47 heavy (non-hydrogen) atoms. The lowest BCUT2D eigenvalue weighted by molar-refractivity contribution is 0.661. The van der Waals surface area contributed by atoms with Crippen LogP contribution in [0.25, 0.3) is 78.0 Å². The highest BCUT2D eigenvalue weighted by Crippen LogP contribution is 2.52. The van der Waals surface area contributed by atoms with Crippen LogP contribution in [0.1, 0.15) is 25.0 Å². The van der Waals surface area contributed by atoms with E-state index in [1.165, 1.54) is 43.8 Å². The van der Waals surface area contributed by atoms with Crippen molar-refractivity contribution in [1.82, 2.24) is 15.0 Å². The second-order valence-electron chi connectivity index (χ2n) is 12.9. The molecule has 9 rings (SSSR count). The van der Waals surface area contributed by atoms with E-state index in [2.05, 4.69) is 105 Å². The molecule has 1 aliphatic rings. The molecule has 0 aliphatic heterocycles. The van der Waals surface area contributed by atoms with Crippen molar-refractivity contribution in [2.24, 2.45) is 0 Å². The second-order valence-corrected chi connectivity index (χ2v) is 12.9. The molecule has 0 N–H and O–H groups in total. The summed E-state index contributed by atoms with van der Waals surface area (Å²) in [5.41, 5.74) is 10.7. The molecule has 0 fully saturated rings. The first kappa shape index (κ1) is 27.4. The van der Waals surface area contributed by atoms with Gasteiger partial charge in [0.25, 0.3) is 0 Å². The van der Waals surface area contributed by atoms with Gasteiger partial charge in [0.2, 0.25) is 0 Å². The van der Waals surface area contributed by atoms with Crippen molar-refractivity contribution in [2.75, 3.05) is 0 Å². The molecule has 0 amide bonds. The normalized spacial score (nSPS) is 13.1. The zero-order chi connectivity index (χ0) is 31.5. The smallest absolute Gasteiger partial charge is 0.164 e. The van der Waals surface area contributed by atoms with E-state index in [1.54, 1.807) is 0 Å². The van der Waals surface area contributed by atoms with E-state index in [0.29, 0.717) is 17.5 Å². The summed E-state index contributed by atoms with van der Waals surface area (Å²) in [5, 5.41) is 5.13. The predicted molar refractivity (Wildman–Crippen MR) is 194 cm³/mol. The van der Waals surface area contributed by atoms with Crippen LogP contribution in [0.2, 0.25) is 0 Å². The molecule has 3 heteroatoms. The molecule has 7 aromatic carbocycles. The SMILES string of the molecule is CC1(C)c2ccccc2-c2c1ccc1ccc3cc(-c4cccc(-c5nc(-c6ccccc6)nc(-c6ccccc6)n5)c4)ccc3c21. The van der Waals surface area contributed by atoms with Crippen LogP contribution in [-0.2, 0) is 5.41 Å². The molecule has 0 spiro atoms. The molecule has 0 bridgehead atoms. The number of fused-ring (bicyclic) bond motifs is 7. The van der Waals surface area contributed by atoms with Gasteiger partial charge < -0.3 is 0 Å². The minimum atomic E-state index is -0.0293. The van der Waals surface area contributed by atoms with Gasteiger partial charge >= 0.3 is 0 Å². The van der Waals surface area contributed by atoms with Gasteiger partial charge in [0, 0.05) is 22.1 Å². The number of rotatable bonds is 4. The first-order chi connectivity index (χ1) is 23.0. The number of aromatic nitrogens is 3. The summed E-state index contributed by atoms with van der Waals surface area (Å²) in [6, 6.07) is 53.7. The van der Waals surface area contributed by atoms with Crippen LogP contribution in [0.15, 0.2) is 152 Å². The van der Waals surface area contributed by atoms with Gasteiger partial charge in [0.05, 0.1) is 0 Å². The summed E-state index contributed by atoms with van der Waals surface area (Å²) in [6.45, 7) is 4.69. The first-order valence-corrected chi connectivity index (χ1v) is 16.1. The van der Waals surface area contributed by atoms with Gasteiger partial charge in [-0.05, 0) is 67.1 Å². The zero-order valence-corrected chi connectivity index (χ0v) is 26.3. The van der Waals surface area contributed by atoms with Crippen LogP contribution in [0.3, 0.4) is 0 Å². The third-order valence-corrected chi connectivity index (χ3v) is 9.70. The van der Waals surface area contributed by atoms with Gasteiger partial charge in [0.1, 0.15) is 0 Å². The Balaban J connectivity index is 1.17. The van der Waals surface area contributed by atoms with Crippen molar-refractivity contribution < 1.29 is 0 Å². The molecular weight excluding hydrogens is 571 g/mol. The van der Waals surface area contributed by atoms with E-state index < -0.39 is 0 Å². The van der Waals surface area contributed by atoms with Crippen LogP contribution in [0, 0.1) is 0 Å². The third-order valence-electron chi connectivity index (χ3n) is 9.70. The Morgan fingerprint density at radius 3 is 1.68 bits per heavy atom. The lowest BCUT2D eigenvalue weighted by atomic mass is 9.82. The quantitative estimate of drug-likeness (QED) is 0.188. The van der Waals surface area contributed by atoms with E-state index in [9.17, 15) is 0 Å². The number of hydrogen-bond acceptors (Lipinski definition) is 3. The molecule has 0 radical (unpaired) electrons. The summed E-state index contributed by atoms with van der Waals surface area (Å²) in [6.07, 6.45) is 0. The van der Waals surface area contributed by atoms with Crippen LogP contribution < -0.4 is 0 Å². The van der Waals surface area contributed by atoms with Crippen molar-refractivity contribution in [3.05, 3.63) is 163 Å². The monoisotopic (exact) mass is 601 g/mol. The molecule has 1 aromatic heterocycles. The van der Waals surface area contributed by atoms with Gasteiger partial charge in [-0.1, -0.05) is 153 Å². The Bertz CT molecular complexity index is 2420. The van der Waals surface area contributed by atoms with Gasteiger partial charge in [0.15, 0.2) is 17.5 Å².